The molecule has 0 amide bonds. The quantitative estimate of drug-likeness (QED) is 0.842. The van der Waals surface area contributed by atoms with E-state index in [0.717, 1.165) is 11.8 Å². The van der Waals surface area contributed by atoms with Crippen molar-refractivity contribution >= 4 is 0 Å². The predicted molar refractivity (Wildman–Crippen MR) is 73.9 cm³/mol. The lowest BCUT2D eigenvalue weighted by Crippen LogP contribution is -2.37. The molecule has 100 valence electrons. The number of rotatable bonds is 3. The van der Waals surface area contributed by atoms with Crippen molar-refractivity contribution in [3.63, 3.8) is 0 Å². The third kappa shape index (κ3) is 3.32. The Labute approximate surface area is 110 Å². The minimum atomic E-state index is -0.161. The Morgan fingerprint density at radius 3 is 2.39 bits per heavy atom. The van der Waals surface area contributed by atoms with Gasteiger partial charge in [0.25, 0.3) is 0 Å². The van der Waals surface area contributed by atoms with Crippen LogP contribution in [0.3, 0.4) is 0 Å². The highest BCUT2D eigenvalue weighted by molar-refractivity contribution is 5.19. The standard InChI is InChI=1S/C16H24FN/c1-11-4-9-16(10-12(11)2)18-13(3)14-5-7-15(17)8-6-14/h5-8,11-13,16,18H,4,9-10H2,1-3H3/t11?,12?,13-,16?/m1/s1. The van der Waals surface area contributed by atoms with Gasteiger partial charge in [0.2, 0.25) is 0 Å². The summed E-state index contributed by atoms with van der Waals surface area (Å²) >= 11 is 0. The third-order valence-corrected chi connectivity index (χ3v) is 4.45. The molecule has 2 heteroatoms. The summed E-state index contributed by atoms with van der Waals surface area (Å²) in [6, 6.07) is 7.74. The van der Waals surface area contributed by atoms with E-state index in [1.165, 1.54) is 24.8 Å². The van der Waals surface area contributed by atoms with Crippen LogP contribution in [0.1, 0.15) is 51.6 Å². The lowest BCUT2D eigenvalue weighted by molar-refractivity contribution is 0.217. The van der Waals surface area contributed by atoms with Crippen molar-refractivity contribution in [2.45, 2.75) is 52.1 Å². The predicted octanol–water partition coefficient (Wildman–Crippen LogP) is 4.30. The molecule has 18 heavy (non-hydrogen) atoms. The second-order valence-corrected chi connectivity index (χ2v) is 5.90. The highest BCUT2D eigenvalue weighted by atomic mass is 19.1. The Morgan fingerprint density at radius 2 is 1.78 bits per heavy atom. The van der Waals surface area contributed by atoms with Crippen LogP contribution in [0.15, 0.2) is 24.3 Å². The van der Waals surface area contributed by atoms with Crippen molar-refractivity contribution in [1.82, 2.24) is 5.32 Å². The van der Waals surface area contributed by atoms with E-state index >= 15 is 0 Å². The van der Waals surface area contributed by atoms with Crippen molar-refractivity contribution < 1.29 is 4.39 Å². The molecule has 1 N–H and O–H groups in total. The minimum absolute atomic E-state index is 0.161. The first kappa shape index (κ1) is 13.5. The second-order valence-electron chi connectivity index (χ2n) is 5.90. The number of halogens is 1. The molecule has 0 bridgehead atoms. The molecule has 0 radical (unpaired) electrons. The summed E-state index contributed by atoms with van der Waals surface area (Å²) in [7, 11) is 0. The smallest absolute Gasteiger partial charge is 0.123 e. The lowest BCUT2D eigenvalue weighted by atomic mass is 9.79. The van der Waals surface area contributed by atoms with Crippen LogP contribution in [0.5, 0.6) is 0 Å². The van der Waals surface area contributed by atoms with Crippen LogP contribution in [-0.2, 0) is 0 Å². The van der Waals surface area contributed by atoms with Crippen LogP contribution >= 0.6 is 0 Å². The van der Waals surface area contributed by atoms with Crippen LogP contribution in [0.4, 0.5) is 4.39 Å². The van der Waals surface area contributed by atoms with E-state index in [1.54, 1.807) is 12.1 Å². The van der Waals surface area contributed by atoms with E-state index in [4.69, 9.17) is 0 Å². The summed E-state index contributed by atoms with van der Waals surface area (Å²) in [4.78, 5) is 0. The molecule has 2 rings (SSSR count). The van der Waals surface area contributed by atoms with Crippen LogP contribution in [0, 0.1) is 17.7 Å². The van der Waals surface area contributed by atoms with Crippen LogP contribution in [-0.4, -0.2) is 6.04 Å². The zero-order valence-corrected chi connectivity index (χ0v) is 11.6. The summed E-state index contributed by atoms with van der Waals surface area (Å²) in [5, 5.41) is 3.68. The summed E-state index contributed by atoms with van der Waals surface area (Å²) in [6.07, 6.45) is 3.83. The molecular formula is C16H24FN. The maximum Gasteiger partial charge on any atom is 0.123 e. The Balaban J connectivity index is 1.91. The second kappa shape index (κ2) is 5.83. The maximum atomic E-state index is 12.9. The molecule has 0 heterocycles. The molecule has 1 fully saturated rings. The highest BCUT2D eigenvalue weighted by Gasteiger charge is 2.25. The molecule has 0 saturated heterocycles. The molecule has 4 atom stereocenters. The molecule has 1 nitrogen and oxygen atoms in total. The van der Waals surface area contributed by atoms with Crippen molar-refractivity contribution in [3.05, 3.63) is 35.6 Å². The number of hydrogen-bond acceptors (Lipinski definition) is 1. The average molecular weight is 249 g/mol. The molecule has 1 aliphatic rings. The highest BCUT2D eigenvalue weighted by Crippen LogP contribution is 2.30. The summed E-state index contributed by atoms with van der Waals surface area (Å²) in [5.41, 5.74) is 1.17. The molecule has 1 aromatic carbocycles. The van der Waals surface area contributed by atoms with E-state index in [-0.39, 0.29) is 5.82 Å². The monoisotopic (exact) mass is 249 g/mol. The largest absolute Gasteiger partial charge is 0.307 e. The van der Waals surface area contributed by atoms with E-state index in [9.17, 15) is 4.39 Å². The third-order valence-electron chi connectivity index (χ3n) is 4.45. The first-order valence-corrected chi connectivity index (χ1v) is 7.07. The number of benzene rings is 1. The van der Waals surface area contributed by atoms with E-state index < -0.39 is 0 Å². The van der Waals surface area contributed by atoms with Gasteiger partial charge >= 0.3 is 0 Å². The lowest BCUT2D eigenvalue weighted by Gasteiger charge is -2.34. The molecule has 1 saturated carbocycles. The fourth-order valence-electron chi connectivity index (χ4n) is 2.90. The van der Waals surface area contributed by atoms with Crippen molar-refractivity contribution in [3.8, 4) is 0 Å². The zero-order chi connectivity index (χ0) is 13.1. The SMILES string of the molecule is CC1CCC(N[C@H](C)c2ccc(F)cc2)CC1C. The van der Waals surface area contributed by atoms with Crippen LogP contribution < -0.4 is 5.32 Å². The van der Waals surface area contributed by atoms with Gasteiger partial charge in [0.05, 0.1) is 0 Å². The van der Waals surface area contributed by atoms with Gasteiger partial charge in [-0.1, -0.05) is 26.0 Å². The van der Waals surface area contributed by atoms with Gasteiger partial charge in [-0.3, -0.25) is 0 Å². The van der Waals surface area contributed by atoms with Crippen LogP contribution in [0.25, 0.3) is 0 Å². The first-order valence-electron chi connectivity index (χ1n) is 7.07. The van der Waals surface area contributed by atoms with Gasteiger partial charge in [-0.05, 0) is 55.7 Å². The van der Waals surface area contributed by atoms with Gasteiger partial charge in [-0.25, -0.2) is 4.39 Å². The van der Waals surface area contributed by atoms with Crippen molar-refractivity contribution in [2.24, 2.45) is 11.8 Å². The van der Waals surface area contributed by atoms with Crippen molar-refractivity contribution in [1.29, 1.82) is 0 Å². The average Bonchev–Trinajstić information content (AvgIpc) is 2.34. The molecule has 1 aliphatic carbocycles. The fourth-order valence-corrected chi connectivity index (χ4v) is 2.90. The molecular weight excluding hydrogens is 225 g/mol. The Bertz CT molecular complexity index is 373. The van der Waals surface area contributed by atoms with Gasteiger partial charge in [-0.15, -0.1) is 0 Å². The Kier molecular flexibility index (Phi) is 4.39. The van der Waals surface area contributed by atoms with Gasteiger partial charge in [0.1, 0.15) is 5.82 Å². The summed E-state index contributed by atoms with van der Waals surface area (Å²) in [5.74, 6) is 1.49. The molecule has 1 aromatic rings. The maximum absolute atomic E-state index is 12.9. The van der Waals surface area contributed by atoms with Gasteiger partial charge < -0.3 is 5.32 Å². The van der Waals surface area contributed by atoms with E-state index in [0.29, 0.717) is 12.1 Å². The minimum Gasteiger partial charge on any atom is -0.307 e. The summed E-state index contributed by atoms with van der Waals surface area (Å²) in [6.45, 7) is 6.86. The zero-order valence-electron chi connectivity index (χ0n) is 11.6. The molecule has 0 aliphatic heterocycles. The topological polar surface area (TPSA) is 12.0 Å². The number of nitrogens with one attached hydrogen (secondary N) is 1. The normalized spacial score (nSPS) is 30.1. The van der Waals surface area contributed by atoms with E-state index in [1.807, 2.05) is 12.1 Å². The molecule has 0 spiro atoms. The molecule has 3 unspecified atom stereocenters. The van der Waals surface area contributed by atoms with Crippen LogP contribution in [0.2, 0.25) is 0 Å². The Hall–Kier alpha value is -0.890. The van der Waals surface area contributed by atoms with E-state index in [2.05, 4.69) is 26.1 Å². The van der Waals surface area contributed by atoms with Gasteiger partial charge in [0.15, 0.2) is 0 Å². The summed E-state index contributed by atoms with van der Waals surface area (Å²) < 4.78 is 12.9. The van der Waals surface area contributed by atoms with Gasteiger partial charge in [0, 0.05) is 12.1 Å². The number of hydrogen-bond donors (Lipinski definition) is 1. The van der Waals surface area contributed by atoms with Crippen molar-refractivity contribution in [2.75, 3.05) is 0 Å². The first-order chi connectivity index (χ1) is 8.56. The van der Waals surface area contributed by atoms with Gasteiger partial charge in [-0.2, -0.15) is 0 Å². The fraction of sp³-hybridized carbons (Fsp3) is 0.625. The Morgan fingerprint density at radius 1 is 1.11 bits per heavy atom. The molecule has 0 aromatic heterocycles.